The summed E-state index contributed by atoms with van der Waals surface area (Å²) in [7, 11) is 3.11. The van der Waals surface area contributed by atoms with Crippen LogP contribution in [0.2, 0.25) is 0 Å². The first-order chi connectivity index (χ1) is 8.08. The van der Waals surface area contributed by atoms with Crippen molar-refractivity contribution in [2.75, 3.05) is 14.2 Å². The Labute approximate surface area is 99.8 Å². The van der Waals surface area contributed by atoms with E-state index in [0.29, 0.717) is 28.4 Å². The maximum Gasteiger partial charge on any atom is 0.344 e. The number of benzene rings is 1. The number of allylic oxidation sites excluding steroid dienone is 1. The van der Waals surface area contributed by atoms with Gasteiger partial charge in [0.25, 0.3) is 0 Å². The number of carbonyl (C=O) groups is 1. The molecule has 0 spiro atoms. The Morgan fingerprint density at radius 1 is 1.18 bits per heavy atom. The molecule has 1 aliphatic rings. The average molecular weight is 234 g/mol. The summed E-state index contributed by atoms with van der Waals surface area (Å²) in [5.74, 6) is 1.33. The Kier molecular flexibility index (Phi) is 2.79. The summed E-state index contributed by atoms with van der Waals surface area (Å²) in [6, 6.07) is 3.43. The monoisotopic (exact) mass is 234 g/mol. The van der Waals surface area contributed by atoms with E-state index in [9.17, 15) is 4.79 Å². The Balaban J connectivity index is 2.70. The van der Waals surface area contributed by atoms with Crippen molar-refractivity contribution in [3.8, 4) is 17.2 Å². The van der Waals surface area contributed by atoms with E-state index in [0.717, 1.165) is 5.57 Å². The van der Waals surface area contributed by atoms with Gasteiger partial charge in [-0.15, -0.1) is 0 Å². The normalized spacial score (nSPS) is 13.2. The van der Waals surface area contributed by atoms with Crippen molar-refractivity contribution in [1.29, 1.82) is 0 Å². The molecular formula is C13H14O4. The van der Waals surface area contributed by atoms with E-state index >= 15 is 0 Å². The van der Waals surface area contributed by atoms with Crippen LogP contribution in [0, 0.1) is 0 Å². The zero-order chi connectivity index (χ0) is 12.6. The molecule has 1 aromatic carbocycles. The predicted molar refractivity (Wildman–Crippen MR) is 63.4 cm³/mol. The van der Waals surface area contributed by atoms with Gasteiger partial charge in [-0.2, -0.15) is 0 Å². The van der Waals surface area contributed by atoms with E-state index < -0.39 is 0 Å². The van der Waals surface area contributed by atoms with Gasteiger partial charge >= 0.3 is 5.97 Å². The van der Waals surface area contributed by atoms with Crippen molar-refractivity contribution in [2.45, 2.75) is 13.8 Å². The van der Waals surface area contributed by atoms with Crippen LogP contribution in [0.15, 0.2) is 17.7 Å². The van der Waals surface area contributed by atoms with Crippen molar-refractivity contribution in [3.05, 3.63) is 23.3 Å². The summed E-state index contributed by atoms with van der Waals surface area (Å²) >= 11 is 0. The minimum absolute atomic E-state index is 0.341. The molecule has 0 saturated carbocycles. The summed E-state index contributed by atoms with van der Waals surface area (Å²) in [6.07, 6.45) is 0. The van der Waals surface area contributed by atoms with Gasteiger partial charge < -0.3 is 14.2 Å². The molecule has 0 aromatic heterocycles. The summed E-state index contributed by atoms with van der Waals surface area (Å²) in [5.41, 5.74) is 2.18. The van der Waals surface area contributed by atoms with E-state index in [2.05, 4.69) is 0 Å². The first-order valence-electron chi connectivity index (χ1n) is 5.24. The minimum Gasteiger partial charge on any atom is -0.496 e. The van der Waals surface area contributed by atoms with Gasteiger partial charge in [0.05, 0.1) is 25.4 Å². The van der Waals surface area contributed by atoms with Crippen LogP contribution < -0.4 is 14.2 Å². The summed E-state index contributed by atoms with van der Waals surface area (Å²) < 4.78 is 15.6. The van der Waals surface area contributed by atoms with Crippen LogP contribution in [0.4, 0.5) is 0 Å². The molecule has 0 bridgehead atoms. The molecule has 0 saturated heterocycles. The van der Waals surface area contributed by atoms with Gasteiger partial charge in [0.15, 0.2) is 0 Å². The Morgan fingerprint density at radius 2 is 1.88 bits per heavy atom. The fourth-order valence-corrected chi connectivity index (χ4v) is 1.88. The van der Waals surface area contributed by atoms with E-state index in [4.69, 9.17) is 14.2 Å². The van der Waals surface area contributed by atoms with Crippen molar-refractivity contribution in [1.82, 2.24) is 0 Å². The Hall–Kier alpha value is -1.97. The first kappa shape index (κ1) is 11.5. The molecule has 0 N–H and O–H groups in total. The van der Waals surface area contributed by atoms with Crippen LogP contribution in [0.1, 0.15) is 19.4 Å². The Bertz CT molecular complexity index is 510. The third-order valence-corrected chi connectivity index (χ3v) is 2.65. The summed E-state index contributed by atoms with van der Waals surface area (Å²) in [4.78, 5) is 11.8. The van der Waals surface area contributed by atoms with Crippen molar-refractivity contribution < 1.29 is 19.0 Å². The highest BCUT2D eigenvalue weighted by molar-refractivity contribution is 6.23. The fraction of sp³-hybridized carbons (Fsp3) is 0.308. The molecule has 17 heavy (non-hydrogen) atoms. The third-order valence-electron chi connectivity index (χ3n) is 2.65. The van der Waals surface area contributed by atoms with Gasteiger partial charge in [0.2, 0.25) is 0 Å². The smallest absolute Gasteiger partial charge is 0.344 e. The molecule has 0 atom stereocenters. The maximum absolute atomic E-state index is 11.8. The number of carbonyl (C=O) groups excluding carboxylic acids is 1. The van der Waals surface area contributed by atoms with E-state index in [1.165, 1.54) is 0 Å². The molecular weight excluding hydrogens is 220 g/mol. The maximum atomic E-state index is 11.8. The summed E-state index contributed by atoms with van der Waals surface area (Å²) in [5, 5.41) is 0. The second kappa shape index (κ2) is 4.13. The summed E-state index contributed by atoms with van der Waals surface area (Å²) in [6.45, 7) is 3.74. The molecule has 0 radical (unpaired) electrons. The number of esters is 1. The highest BCUT2D eigenvalue weighted by Gasteiger charge is 2.32. The number of fused-ring (bicyclic) bond motifs is 1. The average Bonchev–Trinajstić information content (AvgIpc) is 2.63. The lowest BCUT2D eigenvalue weighted by Crippen LogP contribution is -2.01. The topological polar surface area (TPSA) is 44.8 Å². The fourth-order valence-electron chi connectivity index (χ4n) is 1.88. The molecule has 90 valence electrons. The van der Waals surface area contributed by atoms with E-state index in [1.807, 2.05) is 13.8 Å². The highest BCUT2D eigenvalue weighted by Crippen LogP contribution is 2.44. The van der Waals surface area contributed by atoms with E-state index in [-0.39, 0.29) is 5.97 Å². The highest BCUT2D eigenvalue weighted by atomic mass is 16.5. The lowest BCUT2D eigenvalue weighted by atomic mass is 10.0. The quantitative estimate of drug-likeness (QED) is 0.448. The van der Waals surface area contributed by atoms with Crippen LogP contribution >= 0.6 is 0 Å². The largest absolute Gasteiger partial charge is 0.496 e. The van der Waals surface area contributed by atoms with Crippen LogP contribution in [0.3, 0.4) is 0 Å². The van der Waals surface area contributed by atoms with E-state index in [1.54, 1.807) is 26.4 Å². The minimum atomic E-state index is -0.341. The molecule has 0 unspecified atom stereocenters. The zero-order valence-electron chi connectivity index (χ0n) is 10.3. The van der Waals surface area contributed by atoms with Gasteiger partial charge in [0.1, 0.15) is 17.2 Å². The van der Waals surface area contributed by atoms with Crippen LogP contribution in [0.25, 0.3) is 5.57 Å². The molecule has 1 aliphatic heterocycles. The predicted octanol–water partition coefficient (Wildman–Crippen LogP) is 2.42. The lowest BCUT2D eigenvalue weighted by molar-refractivity contribution is -0.127. The molecule has 4 nitrogen and oxygen atoms in total. The van der Waals surface area contributed by atoms with Gasteiger partial charge in [-0.25, -0.2) is 4.79 Å². The van der Waals surface area contributed by atoms with Gasteiger partial charge in [0, 0.05) is 12.1 Å². The van der Waals surface area contributed by atoms with Crippen LogP contribution in [0.5, 0.6) is 17.2 Å². The van der Waals surface area contributed by atoms with Crippen molar-refractivity contribution >= 4 is 11.5 Å². The van der Waals surface area contributed by atoms with Gasteiger partial charge in [-0.1, -0.05) is 5.57 Å². The molecule has 0 fully saturated rings. The van der Waals surface area contributed by atoms with Crippen molar-refractivity contribution in [2.24, 2.45) is 0 Å². The second-order valence-corrected chi connectivity index (χ2v) is 3.97. The lowest BCUT2D eigenvalue weighted by Gasteiger charge is -2.08. The Morgan fingerprint density at radius 3 is 2.41 bits per heavy atom. The van der Waals surface area contributed by atoms with Gasteiger partial charge in [-0.05, 0) is 13.8 Å². The number of methoxy groups -OCH3 is 2. The standard InChI is InChI=1S/C13H14O4/c1-7(2)11-12-9(16-4)5-8(15-3)6-10(12)17-13(11)14/h5-6H,1-4H3. The van der Waals surface area contributed by atoms with Gasteiger partial charge in [-0.3, -0.25) is 0 Å². The molecule has 1 aromatic rings. The second-order valence-electron chi connectivity index (χ2n) is 3.97. The number of rotatable bonds is 2. The number of ether oxygens (including phenoxy) is 3. The zero-order valence-corrected chi connectivity index (χ0v) is 10.3. The van der Waals surface area contributed by atoms with Crippen molar-refractivity contribution in [3.63, 3.8) is 0 Å². The van der Waals surface area contributed by atoms with Crippen LogP contribution in [-0.2, 0) is 4.79 Å². The first-order valence-corrected chi connectivity index (χ1v) is 5.24. The molecule has 1 heterocycles. The number of hydrogen-bond acceptors (Lipinski definition) is 4. The molecule has 2 rings (SSSR count). The molecule has 0 aliphatic carbocycles. The molecule has 4 heteroatoms. The third kappa shape index (κ3) is 1.75. The number of hydrogen-bond donors (Lipinski definition) is 0. The molecule has 0 amide bonds. The SMILES string of the molecule is COc1cc(OC)c2c(c1)OC(=O)C2=C(C)C. The van der Waals surface area contributed by atoms with Crippen LogP contribution in [-0.4, -0.2) is 20.2 Å².